The van der Waals surface area contributed by atoms with Crippen molar-refractivity contribution in [2.24, 2.45) is 5.41 Å². The fourth-order valence-electron chi connectivity index (χ4n) is 2.51. The van der Waals surface area contributed by atoms with Crippen molar-refractivity contribution in [1.29, 1.82) is 0 Å². The molecule has 2 aromatic carbocycles. The summed E-state index contributed by atoms with van der Waals surface area (Å²) in [5.41, 5.74) is 2.82. The van der Waals surface area contributed by atoms with Crippen molar-refractivity contribution in [1.82, 2.24) is 0 Å². The Balaban J connectivity index is 2.47. The van der Waals surface area contributed by atoms with Crippen molar-refractivity contribution in [3.8, 4) is 0 Å². The molecule has 0 aliphatic carbocycles. The van der Waals surface area contributed by atoms with E-state index in [-0.39, 0.29) is 5.41 Å². The zero-order valence-corrected chi connectivity index (χ0v) is 14.9. The summed E-state index contributed by atoms with van der Waals surface area (Å²) < 4.78 is 0. The van der Waals surface area contributed by atoms with E-state index in [0.29, 0.717) is 5.57 Å². The Morgan fingerprint density at radius 2 is 1.24 bits per heavy atom. The molecule has 0 aromatic heterocycles. The lowest BCUT2D eigenvalue weighted by atomic mass is 9.82. The van der Waals surface area contributed by atoms with Gasteiger partial charge in [-0.2, -0.15) is 0 Å². The average Bonchev–Trinajstić information content (AvgIpc) is 2.58. The third-order valence-electron chi connectivity index (χ3n) is 3.81. The Bertz CT molecular complexity index is 789. The first-order valence-electron chi connectivity index (χ1n) is 8.32. The van der Waals surface area contributed by atoms with E-state index >= 15 is 0 Å². The fraction of sp³-hybridized carbons (Fsp3) is 0.174. The second-order valence-corrected chi connectivity index (χ2v) is 6.87. The quantitative estimate of drug-likeness (QED) is 0.551. The van der Waals surface area contributed by atoms with Gasteiger partial charge in [-0.3, -0.25) is 0 Å². The van der Waals surface area contributed by atoms with Gasteiger partial charge in [0.1, 0.15) is 0 Å². The number of carboxylic acids is 1. The van der Waals surface area contributed by atoms with Gasteiger partial charge in [0, 0.05) is 0 Å². The molecule has 1 N–H and O–H groups in total. The van der Waals surface area contributed by atoms with Gasteiger partial charge < -0.3 is 5.11 Å². The number of allylic oxidation sites excluding steroid dienone is 2. The highest BCUT2D eigenvalue weighted by Gasteiger charge is 2.21. The van der Waals surface area contributed by atoms with Crippen LogP contribution < -0.4 is 0 Å². The molecule has 0 heterocycles. The summed E-state index contributed by atoms with van der Waals surface area (Å²) in [7, 11) is 0. The Morgan fingerprint density at radius 1 is 0.800 bits per heavy atom. The van der Waals surface area contributed by atoms with Crippen LogP contribution in [0.4, 0.5) is 0 Å². The molecule has 0 fully saturated rings. The summed E-state index contributed by atoms with van der Waals surface area (Å²) in [6, 6.07) is 19.6. The smallest absolute Gasteiger partial charge is 0.335 e. The van der Waals surface area contributed by atoms with Gasteiger partial charge in [0.2, 0.25) is 0 Å². The van der Waals surface area contributed by atoms with Crippen molar-refractivity contribution < 1.29 is 9.90 Å². The maximum absolute atomic E-state index is 11.9. The summed E-state index contributed by atoms with van der Waals surface area (Å²) in [5, 5.41) is 9.74. The number of carboxylic acid groups (broad SMARTS) is 1. The Morgan fingerprint density at radius 3 is 1.64 bits per heavy atom. The number of benzene rings is 2. The Kier molecular flexibility index (Phi) is 6.13. The molecule has 2 heteroatoms. The van der Waals surface area contributed by atoms with E-state index in [1.54, 1.807) is 6.08 Å². The van der Waals surface area contributed by atoms with Crippen LogP contribution in [0.1, 0.15) is 31.9 Å². The molecule has 2 rings (SSSR count). The number of carbonyl (C=O) groups is 1. The molecular formula is C23H24O2. The maximum Gasteiger partial charge on any atom is 0.335 e. The van der Waals surface area contributed by atoms with Crippen LogP contribution >= 0.6 is 0 Å². The third kappa shape index (κ3) is 5.61. The molecule has 0 radical (unpaired) electrons. The van der Waals surface area contributed by atoms with Gasteiger partial charge in [-0.25, -0.2) is 4.79 Å². The van der Waals surface area contributed by atoms with E-state index in [4.69, 9.17) is 0 Å². The highest BCUT2D eigenvalue weighted by atomic mass is 16.4. The first-order chi connectivity index (χ1) is 11.9. The molecule has 2 nitrogen and oxygen atoms in total. The minimum atomic E-state index is -0.921. The predicted octanol–water partition coefficient (Wildman–Crippen LogP) is 5.84. The van der Waals surface area contributed by atoms with Gasteiger partial charge in [0.05, 0.1) is 5.57 Å². The van der Waals surface area contributed by atoms with Crippen LogP contribution in [0.3, 0.4) is 0 Å². The molecular weight excluding hydrogens is 308 g/mol. The molecule has 0 amide bonds. The number of aliphatic carboxylic acids is 1. The Hall–Kier alpha value is -2.87. The first-order valence-corrected chi connectivity index (χ1v) is 8.32. The highest BCUT2D eigenvalue weighted by molar-refractivity contribution is 5.93. The third-order valence-corrected chi connectivity index (χ3v) is 3.81. The van der Waals surface area contributed by atoms with Crippen LogP contribution in [-0.2, 0) is 4.79 Å². The lowest BCUT2D eigenvalue weighted by molar-refractivity contribution is -0.132. The summed E-state index contributed by atoms with van der Waals surface area (Å²) >= 11 is 0. The largest absolute Gasteiger partial charge is 0.478 e. The standard InChI is InChI=1S/C23H24O2/c1-23(2,3)21(17-15-19-12-8-5-9-13-19)20(22(24)25)16-14-18-10-6-4-7-11-18/h4-17H,1-3H3,(H,24,25). The zero-order valence-electron chi connectivity index (χ0n) is 14.9. The van der Waals surface area contributed by atoms with Crippen LogP contribution in [-0.4, -0.2) is 11.1 Å². The molecule has 25 heavy (non-hydrogen) atoms. The molecule has 0 unspecified atom stereocenters. The SMILES string of the molecule is CC(C)(C)C(C=Cc1ccccc1)=C(C=Cc1ccccc1)C(=O)O. The summed E-state index contributed by atoms with van der Waals surface area (Å²) in [4.78, 5) is 11.9. The number of hydrogen-bond acceptors (Lipinski definition) is 1. The maximum atomic E-state index is 11.9. The van der Waals surface area contributed by atoms with Crippen molar-refractivity contribution in [3.63, 3.8) is 0 Å². The van der Waals surface area contributed by atoms with E-state index < -0.39 is 5.97 Å². The van der Waals surface area contributed by atoms with Crippen LogP contribution in [0.15, 0.2) is 84.0 Å². The lowest BCUT2D eigenvalue weighted by Gasteiger charge is -2.22. The molecule has 0 saturated heterocycles. The number of rotatable bonds is 5. The van der Waals surface area contributed by atoms with Crippen molar-refractivity contribution in [3.05, 3.63) is 95.1 Å². The monoisotopic (exact) mass is 332 g/mol. The summed E-state index contributed by atoms with van der Waals surface area (Å²) in [6.07, 6.45) is 7.40. The molecule has 0 saturated carbocycles. The normalized spacial score (nSPS) is 13.2. The minimum Gasteiger partial charge on any atom is -0.478 e. The van der Waals surface area contributed by atoms with Crippen LogP contribution in [0.25, 0.3) is 12.2 Å². The molecule has 0 aliphatic rings. The molecule has 0 atom stereocenters. The van der Waals surface area contributed by atoms with Gasteiger partial charge in [0.25, 0.3) is 0 Å². The molecule has 0 aliphatic heterocycles. The molecule has 128 valence electrons. The summed E-state index contributed by atoms with van der Waals surface area (Å²) in [5.74, 6) is -0.921. The van der Waals surface area contributed by atoms with Crippen LogP contribution in [0.2, 0.25) is 0 Å². The topological polar surface area (TPSA) is 37.3 Å². The lowest BCUT2D eigenvalue weighted by Crippen LogP contribution is -2.14. The Labute approximate surface area is 149 Å². The minimum absolute atomic E-state index is 0.292. The van der Waals surface area contributed by atoms with Crippen LogP contribution in [0.5, 0.6) is 0 Å². The molecule has 2 aromatic rings. The van der Waals surface area contributed by atoms with E-state index in [9.17, 15) is 9.90 Å². The van der Waals surface area contributed by atoms with Gasteiger partial charge >= 0.3 is 5.97 Å². The van der Waals surface area contributed by atoms with Crippen molar-refractivity contribution in [2.75, 3.05) is 0 Å². The van der Waals surface area contributed by atoms with Crippen molar-refractivity contribution in [2.45, 2.75) is 20.8 Å². The van der Waals surface area contributed by atoms with E-state index in [0.717, 1.165) is 16.7 Å². The van der Waals surface area contributed by atoms with E-state index in [2.05, 4.69) is 0 Å². The second-order valence-electron chi connectivity index (χ2n) is 6.87. The first kappa shape index (κ1) is 18.5. The van der Waals surface area contributed by atoms with E-state index in [1.165, 1.54) is 0 Å². The van der Waals surface area contributed by atoms with Gasteiger partial charge in [-0.1, -0.05) is 99.7 Å². The number of hydrogen-bond donors (Lipinski definition) is 1. The zero-order chi connectivity index (χ0) is 18.3. The van der Waals surface area contributed by atoms with Gasteiger partial charge in [-0.15, -0.1) is 0 Å². The highest BCUT2D eigenvalue weighted by Crippen LogP contribution is 2.31. The molecule has 0 bridgehead atoms. The van der Waals surface area contributed by atoms with E-state index in [1.807, 2.05) is 99.7 Å². The van der Waals surface area contributed by atoms with Gasteiger partial charge in [-0.05, 0) is 28.2 Å². The van der Waals surface area contributed by atoms with Gasteiger partial charge in [0.15, 0.2) is 0 Å². The van der Waals surface area contributed by atoms with Crippen LogP contribution in [0, 0.1) is 5.41 Å². The second kappa shape index (κ2) is 8.29. The fourth-order valence-corrected chi connectivity index (χ4v) is 2.51. The summed E-state index contributed by atoms with van der Waals surface area (Å²) in [6.45, 7) is 6.07. The average molecular weight is 332 g/mol. The molecule has 0 spiro atoms. The predicted molar refractivity (Wildman–Crippen MR) is 105 cm³/mol. The van der Waals surface area contributed by atoms with Crippen molar-refractivity contribution >= 4 is 18.1 Å².